The van der Waals surface area contributed by atoms with Gasteiger partial charge in [0.2, 0.25) is 6.79 Å². The molecule has 0 radical (unpaired) electrons. The number of carbonyl (C=O) groups excluding carboxylic acids is 2. The molecule has 2 heterocycles. The average molecular weight is 506 g/mol. The molecule has 3 aromatic carbocycles. The van der Waals surface area contributed by atoms with Crippen LogP contribution in [0.1, 0.15) is 42.5 Å². The molecular weight excluding hydrogens is 482 g/mol. The van der Waals surface area contributed by atoms with Crippen LogP contribution in [0.5, 0.6) is 17.2 Å². The Bertz CT molecular complexity index is 1400. The lowest BCUT2D eigenvalue weighted by Gasteiger charge is -2.26. The van der Waals surface area contributed by atoms with Gasteiger partial charge in [0.15, 0.2) is 11.5 Å². The Morgan fingerprint density at radius 3 is 2.44 bits per heavy atom. The molecule has 7 nitrogen and oxygen atoms in total. The first-order valence-corrected chi connectivity index (χ1v) is 11.8. The number of rotatable bonds is 5. The van der Waals surface area contributed by atoms with E-state index < -0.39 is 17.7 Å². The van der Waals surface area contributed by atoms with Crippen molar-refractivity contribution in [3.8, 4) is 17.2 Å². The highest BCUT2D eigenvalue weighted by Crippen LogP contribution is 2.45. The fourth-order valence-electron chi connectivity index (χ4n) is 4.47. The van der Waals surface area contributed by atoms with Gasteiger partial charge in [0.1, 0.15) is 11.5 Å². The first-order valence-electron chi connectivity index (χ1n) is 11.4. The van der Waals surface area contributed by atoms with Crippen molar-refractivity contribution < 1.29 is 28.9 Å². The Morgan fingerprint density at radius 1 is 1.03 bits per heavy atom. The Kier molecular flexibility index (Phi) is 6.10. The summed E-state index contributed by atoms with van der Waals surface area (Å²) in [5.74, 6) is -0.193. The first kappa shape index (κ1) is 23.8. The largest absolute Gasteiger partial charge is 0.507 e. The molecule has 184 valence electrons. The highest BCUT2D eigenvalue weighted by Gasteiger charge is 2.47. The van der Waals surface area contributed by atoms with Crippen molar-refractivity contribution in [2.75, 3.05) is 18.8 Å². The number of aliphatic hydroxyl groups is 1. The summed E-state index contributed by atoms with van der Waals surface area (Å²) in [5, 5.41) is 11.6. The van der Waals surface area contributed by atoms with E-state index in [4.69, 9.17) is 25.8 Å². The zero-order chi connectivity index (χ0) is 25.6. The highest BCUT2D eigenvalue weighted by molar-refractivity contribution is 6.52. The smallest absolute Gasteiger partial charge is 0.300 e. The minimum atomic E-state index is -0.895. The minimum absolute atomic E-state index is 0.0647. The van der Waals surface area contributed by atoms with Crippen LogP contribution in [0.3, 0.4) is 0 Å². The Morgan fingerprint density at radius 2 is 1.75 bits per heavy atom. The number of anilines is 1. The highest BCUT2D eigenvalue weighted by atomic mass is 35.5. The summed E-state index contributed by atoms with van der Waals surface area (Å²) in [5.41, 5.74) is 2.34. The Labute approximate surface area is 213 Å². The average Bonchev–Trinajstić information content (AvgIpc) is 3.45. The fraction of sp³-hybridized carbons (Fsp3) is 0.214. The first-order chi connectivity index (χ1) is 17.3. The molecule has 1 fully saturated rings. The van der Waals surface area contributed by atoms with Gasteiger partial charge in [-0.3, -0.25) is 14.5 Å². The number of fused-ring (bicyclic) bond motifs is 1. The van der Waals surface area contributed by atoms with Crippen LogP contribution in [0.2, 0.25) is 5.02 Å². The molecule has 0 bridgehead atoms. The van der Waals surface area contributed by atoms with Crippen molar-refractivity contribution in [2.45, 2.75) is 25.8 Å². The van der Waals surface area contributed by atoms with Gasteiger partial charge in [-0.25, -0.2) is 0 Å². The van der Waals surface area contributed by atoms with E-state index >= 15 is 0 Å². The number of hydrogen-bond donors (Lipinski definition) is 1. The van der Waals surface area contributed by atoms with Crippen LogP contribution in [-0.2, 0) is 9.59 Å². The number of halogens is 1. The van der Waals surface area contributed by atoms with Gasteiger partial charge >= 0.3 is 0 Å². The number of aliphatic hydroxyl groups excluding tert-OH is 1. The summed E-state index contributed by atoms with van der Waals surface area (Å²) in [6, 6.07) is 16.5. The second kappa shape index (κ2) is 9.24. The summed E-state index contributed by atoms with van der Waals surface area (Å²) in [6.07, 6.45) is 0. The zero-order valence-corrected chi connectivity index (χ0v) is 20.7. The lowest BCUT2D eigenvalue weighted by Crippen LogP contribution is -2.29. The van der Waals surface area contributed by atoms with Crippen molar-refractivity contribution in [3.63, 3.8) is 0 Å². The van der Waals surface area contributed by atoms with Gasteiger partial charge in [0, 0.05) is 17.3 Å². The van der Waals surface area contributed by atoms with Gasteiger partial charge < -0.3 is 19.3 Å². The SMILES string of the molecule is COc1ccc(Cl)c(/C(O)=C2\C(=O)C(=O)N(c3ccc4c(c3)OCO4)C2c2ccc(C(C)C)cc2)c1. The van der Waals surface area contributed by atoms with Crippen LogP contribution in [0.25, 0.3) is 5.76 Å². The molecule has 0 saturated carbocycles. The Balaban J connectivity index is 1.71. The van der Waals surface area contributed by atoms with E-state index in [9.17, 15) is 14.7 Å². The lowest BCUT2D eigenvalue weighted by atomic mass is 9.93. The molecular formula is C28H24ClNO6. The number of ketones is 1. The third-order valence-electron chi connectivity index (χ3n) is 6.43. The Hall–Kier alpha value is -3.97. The summed E-state index contributed by atoms with van der Waals surface area (Å²) >= 11 is 6.39. The summed E-state index contributed by atoms with van der Waals surface area (Å²) in [4.78, 5) is 28.2. The molecule has 36 heavy (non-hydrogen) atoms. The number of Topliss-reactive ketones (excluding diaryl/α,β-unsaturated/α-hetero) is 1. The molecule has 8 heteroatoms. The molecule has 5 rings (SSSR count). The standard InChI is InChI=1S/C28H24ClNO6/c1-15(2)16-4-6-17(7-5-16)25-24(26(31)20-13-19(34-3)9-10-21(20)29)27(32)28(33)30(25)18-8-11-22-23(12-18)36-14-35-22/h4-13,15,25,31H,14H2,1-3H3/b26-24+. The maximum atomic E-state index is 13.4. The second-order valence-electron chi connectivity index (χ2n) is 8.87. The monoisotopic (exact) mass is 505 g/mol. The minimum Gasteiger partial charge on any atom is -0.507 e. The summed E-state index contributed by atoms with van der Waals surface area (Å²) < 4.78 is 16.2. The van der Waals surface area contributed by atoms with Crippen LogP contribution < -0.4 is 19.1 Å². The third-order valence-corrected chi connectivity index (χ3v) is 6.76. The molecule has 0 spiro atoms. The van der Waals surface area contributed by atoms with E-state index in [1.54, 1.807) is 30.3 Å². The molecule has 1 N–H and O–H groups in total. The van der Waals surface area contributed by atoms with Crippen LogP contribution in [-0.4, -0.2) is 30.7 Å². The number of ether oxygens (including phenoxy) is 3. The molecule has 1 atom stereocenters. The van der Waals surface area contributed by atoms with Crippen LogP contribution >= 0.6 is 11.6 Å². The quantitative estimate of drug-likeness (QED) is 0.267. The number of carbonyl (C=O) groups is 2. The van der Waals surface area contributed by atoms with E-state index in [1.807, 2.05) is 24.3 Å². The maximum absolute atomic E-state index is 13.4. The van der Waals surface area contributed by atoms with Crippen LogP contribution in [0.4, 0.5) is 5.69 Å². The van der Waals surface area contributed by atoms with Crippen LogP contribution in [0, 0.1) is 0 Å². The molecule has 1 saturated heterocycles. The number of amides is 1. The topological polar surface area (TPSA) is 85.3 Å². The predicted octanol–water partition coefficient (Wildman–Crippen LogP) is 5.83. The van der Waals surface area contributed by atoms with Crippen molar-refractivity contribution >= 4 is 34.7 Å². The molecule has 1 unspecified atom stereocenters. The molecule has 0 aliphatic carbocycles. The van der Waals surface area contributed by atoms with Crippen molar-refractivity contribution in [2.24, 2.45) is 0 Å². The van der Waals surface area contributed by atoms with E-state index in [2.05, 4.69) is 13.8 Å². The molecule has 2 aliphatic heterocycles. The zero-order valence-electron chi connectivity index (χ0n) is 19.9. The van der Waals surface area contributed by atoms with Gasteiger partial charge in [-0.05, 0) is 47.4 Å². The fourth-order valence-corrected chi connectivity index (χ4v) is 4.68. The van der Waals surface area contributed by atoms with E-state index in [-0.39, 0.29) is 28.7 Å². The van der Waals surface area contributed by atoms with Gasteiger partial charge in [0.25, 0.3) is 11.7 Å². The molecule has 3 aromatic rings. The van der Waals surface area contributed by atoms with Crippen molar-refractivity contribution in [1.29, 1.82) is 0 Å². The predicted molar refractivity (Wildman–Crippen MR) is 136 cm³/mol. The van der Waals surface area contributed by atoms with Crippen molar-refractivity contribution in [3.05, 3.63) is 87.9 Å². The maximum Gasteiger partial charge on any atom is 0.300 e. The molecule has 1 amide bonds. The second-order valence-corrected chi connectivity index (χ2v) is 9.28. The van der Waals surface area contributed by atoms with Gasteiger partial charge in [-0.1, -0.05) is 49.7 Å². The lowest BCUT2D eigenvalue weighted by molar-refractivity contribution is -0.132. The van der Waals surface area contributed by atoms with E-state index in [1.165, 1.54) is 18.1 Å². The summed E-state index contributed by atoms with van der Waals surface area (Å²) in [7, 11) is 1.49. The molecule has 0 aromatic heterocycles. The number of methoxy groups -OCH3 is 1. The number of nitrogens with zero attached hydrogens (tertiary/aromatic N) is 1. The van der Waals surface area contributed by atoms with Crippen LogP contribution in [0.15, 0.2) is 66.2 Å². The van der Waals surface area contributed by atoms with E-state index in [0.717, 1.165) is 5.56 Å². The van der Waals surface area contributed by atoms with E-state index in [0.29, 0.717) is 34.4 Å². The van der Waals surface area contributed by atoms with Gasteiger partial charge in [0.05, 0.1) is 23.7 Å². The summed E-state index contributed by atoms with van der Waals surface area (Å²) in [6.45, 7) is 4.24. The van der Waals surface area contributed by atoms with Gasteiger partial charge in [-0.15, -0.1) is 0 Å². The molecule has 2 aliphatic rings. The number of hydrogen-bond acceptors (Lipinski definition) is 6. The normalized spacial score (nSPS) is 18.2. The third kappa shape index (κ3) is 3.95. The number of benzene rings is 3. The van der Waals surface area contributed by atoms with Crippen molar-refractivity contribution in [1.82, 2.24) is 0 Å². The van der Waals surface area contributed by atoms with Gasteiger partial charge in [-0.2, -0.15) is 0 Å².